The second kappa shape index (κ2) is 9.83. The average Bonchev–Trinajstić information content (AvgIpc) is 3.12. The predicted octanol–water partition coefficient (Wildman–Crippen LogP) is 2.91. The molecule has 0 aliphatic rings. The number of aryl methyl sites for hydroxylation is 2. The van der Waals surface area contributed by atoms with Crippen LogP contribution in [0.4, 0.5) is 0 Å². The van der Waals surface area contributed by atoms with E-state index in [1.165, 1.54) is 5.56 Å². The molecule has 144 valence electrons. The lowest BCUT2D eigenvalue weighted by Crippen LogP contribution is -2.50. The summed E-state index contributed by atoms with van der Waals surface area (Å²) in [7, 11) is 0. The minimum absolute atomic E-state index is 0.237. The van der Waals surface area contributed by atoms with Gasteiger partial charge in [0.05, 0.1) is 17.8 Å². The standard InChI is InChI=1S/C21H28N4O2/c1-4-13-21(27,14-5-2)17(3)22-20(26)19-16-25(24-23-19)15-9-12-18-10-7-6-8-11-18/h4-8,10-11,16-17,27H,1-2,9,12-15H2,3H3,(H,22,26)/t17-/m0/s1. The van der Waals surface area contributed by atoms with E-state index in [-0.39, 0.29) is 11.6 Å². The van der Waals surface area contributed by atoms with Gasteiger partial charge in [-0.1, -0.05) is 47.7 Å². The molecule has 2 N–H and O–H groups in total. The van der Waals surface area contributed by atoms with Crippen molar-refractivity contribution in [3.05, 3.63) is 73.1 Å². The Balaban J connectivity index is 1.89. The summed E-state index contributed by atoms with van der Waals surface area (Å²) in [5.74, 6) is -0.358. The fraction of sp³-hybridized carbons (Fsp3) is 0.381. The zero-order chi connectivity index (χ0) is 19.7. The quantitative estimate of drug-likeness (QED) is 0.598. The molecule has 2 rings (SSSR count). The lowest BCUT2D eigenvalue weighted by atomic mass is 9.88. The summed E-state index contributed by atoms with van der Waals surface area (Å²) < 4.78 is 1.67. The second-order valence-corrected chi connectivity index (χ2v) is 6.74. The van der Waals surface area contributed by atoms with E-state index in [4.69, 9.17) is 0 Å². The summed E-state index contributed by atoms with van der Waals surface area (Å²) in [5, 5.41) is 21.5. The average molecular weight is 368 g/mol. The molecular formula is C21H28N4O2. The smallest absolute Gasteiger partial charge is 0.273 e. The molecular weight excluding hydrogens is 340 g/mol. The highest BCUT2D eigenvalue weighted by Crippen LogP contribution is 2.21. The van der Waals surface area contributed by atoms with Crippen molar-refractivity contribution in [1.29, 1.82) is 0 Å². The number of aromatic nitrogens is 3. The van der Waals surface area contributed by atoms with Gasteiger partial charge in [0.15, 0.2) is 5.69 Å². The maximum absolute atomic E-state index is 12.4. The number of hydrogen-bond donors (Lipinski definition) is 2. The van der Waals surface area contributed by atoms with Crippen LogP contribution in [0.25, 0.3) is 0 Å². The van der Waals surface area contributed by atoms with E-state index in [1.54, 1.807) is 30.0 Å². The van der Waals surface area contributed by atoms with E-state index < -0.39 is 11.6 Å². The second-order valence-electron chi connectivity index (χ2n) is 6.74. The van der Waals surface area contributed by atoms with E-state index in [2.05, 4.69) is 40.9 Å². The van der Waals surface area contributed by atoms with Gasteiger partial charge in [-0.05, 0) is 38.2 Å². The molecule has 0 bridgehead atoms. The van der Waals surface area contributed by atoms with Crippen LogP contribution in [-0.2, 0) is 13.0 Å². The van der Waals surface area contributed by atoms with Crippen molar-refractivity contribution in [2.24, 2.45) is 0 Å². The summed E-state index contributed by atoms with van der Waals surface area (Å²) >= 11 is 0. The zero-order valence-electron chi connectivity index (χ0n) is 15.8. The van der Waals surface area contributed by atoms with Crippen molar-refractivity contribution >= 4 is 5.91 Å². The first-order chi connectivity index (χ1) is 13.0. The summed E-state index contributed by atoms with van der Waals surface area (Å²) in [4.78, 5) is 12.4. The number of carbonyl (C=O) groups is 1. The number of nitrogens with one attached hydrogen (secondary N) is 1. The number of rotatable bonds is 11. The van der Waals surface area contributed by atoms with Crippen LogP contribution in [0, 0.1) is 0 Å². The molecule has 6 heteroatoms. The van der Waals surface area contributed by atoms with E-state index in [0.717, 1.165) is 12.8 Å². The fourth-order valence-corrected chi connectivity index (χ4v) is 2.94. The van der Waals surface area contributed by atoms with Gasteiger partial charge in [0.1, 0.15) is 0 Å². The number of hydrogen-bond acceptors (Lipinski definition) is 4. The Morgan fingerprint density at radius 2 is 1.96 bits per heavy atom. The van der Waals surface area contributed by atoms with Crippen LogP contribution in [0.15, 0.2) is 61.8 Å². The van der Waals surface area contributed by atoms with Gasteiger partial charge < -0.3 is 10.4 Å². The lowest BCUT2D eigenvalue weighted by Gasteiger charge is -2.32. The van der Waals surface area contributed by atoms with Crippen molar-refractivity contribution in [3.63, 3.8) is 0 Å². The van der Waals surface area contributed by atoms with Gasteiger partial charge in [0.25, 0.3) is 5.91 Å². The molecule has 0 fully saturated rings. The van der Waals surface area contributed by atoms with Crippen LogP contribution in [-0.4, -0.2) is 37.7 Å². The van der Waals surface area contributed by atoms with E-state index in [0.29, 0.717) is 19.4 Å². The maximum Gasteiger partial charge on any atom is 0.273 e. The number of nitrogens with zero attached hydrogens (tertiary/aromatic N) is 3. The molecule has 0 radical (unpaired) electrons. The molecule has 1 amide bonds. The molecule has 1 aromatic carbocycles. The topological polar surface area (TPSA) is 80.0 Å². The Hall–Kier alpha value is -2.73. The van der Waals surface area contributed by atoms with Crippen LogP contribution in [0.1, 0.15) is 42.2 Å². The molecule has 0 saturated heterocycles. The van der Waals surface area contributed by atoms with Crippen molar-refractivity contribution in [2.45, 2.75) is 50.8 Å². The molecule has 27 heavy (non-hydrogen) atoms. The Morgan fingerprint density at radius 3 is 2.59 bits per heavy atom. The van der Waals surface area contributed by atoms with Gasteiger partial charge in [-0.25, -0.2) is 0 Å². The fourth-order valence-electron chi connectivity index (χ4n) is 2.94. The first kappa shape index (κ1) is 20.6. The first-order valence-corrected chi connectivity index (χ1v) is 9.17. The molecule has 1 atom stereocenters. The highest BCUT2D eigenvalue weighted by molar-refractivity contribution is 5.92. The van der Waals surface area contributed by atoms with E-state index in [1.807, 2.05) is 18.2 Å². The third kappa shape index (κ3) is 5.89. The van der Waals surface area contributed by atoms with Gasteiger partial charge in [-0.15, -0.1) is 18.3 Å². The number of amides is 1. The number of aliphatic hydroxyl groups is 1. The summed E-state index contributed by atoms with van der Waals surface area (Å²) in [5.41, 5.74) is 0.388. The van der Waals surface area contributed by atoms with Crippen LogP contribution < -0.4 is 5.32 Å². The van der Waals surface area contributed by atoms with Crippen molar-refractivity contribution in [2.75, 3.05) is 0 Å². The van der Waals surface area contributed by atoms with Crippen molar-refractivity contribution in [1.82, 2.24) is 20.3 Å². The molecule has 1 heterocycles. The summed E-state index contributed by atoms with van der Waals surface area (Å²) in [6.45, 7) is 9.78. The minimum Gasteiger partial charge on any atom is -0.387 e. The van der Waals surface area contributed by atoms with Gasteiger partial charge in [0, 0.05) is 6.54 Å². The Morgan fingerprint density at radius 1 is 1.30 bits per heavy atom. The van der Waals surface area contributed by atoms with E-state index >= 15 is 0 Å². The van der Waals surface area contributed by atoms with Crippen molar-refractivity contribution < 1.29 is 9.90 Å². The summed E-state index contributed by atoms with van der Waals surface area (Å²) in [6, 6.07) is 9.75. The number of benzene rings is 1. The molecule has 0 aliphatic carbocycles. The normalized spacial score (nSPS) is 12.4. The highest BCUT2D eigenvalue weighted by atomic mass is 16.3. The van der Waals surface area contributed by atoms with Crippen LogP contribution in [0.5, 0.6) is 0 Å². The molecule has 0 unspecified atom stereocenters. The van der Waals surface area contributed by atoms with Gasteiger partial charge in [0.2, 0.25) is 0 Å². The van der Waals surface area contributed by atoms with Gasteiger partial charge >= 0.3 is 0 Å². The van der Waals surface area contributed by atoms with Crippen LogP contribution >= 0.6 is 0 Å². The molecule has 0 aliphatic heterocycles. The van der Waals surface area contributed by atoms with E-state index in [9.17, 15) is 9.90 Å². The monoisotopic (exact) mass is 368 g/mol. The van der Waals surface area contributed by atoms with Gasteiger partial charge in [-0.3, -0.25) is 9.48 Å². The lowest BCUT2D eigenvalue weighted by molar-refractivity contribution is 0.0127. The third-order valence-corrected chi connectivity index (χ3v) is 4.62. The Kier molecular flexibility index (Phi) is 7.49. The van der Waals surface area contributed by atoms with Crippen molar-refractivity contribution in [3.8, 4) is 0 Å². The van der Waals surface area contributed by atoms with Crippen LogP contribution in [0.3, 0.4) is 0 Å². The molecule has 1 aromatic heterocycles. The maximum atomic E-state index is 12.4. The molecule has 2 aromatic rings. The first-order valence-electron chi connectivity index (χ1n) is 9.17. The third-order valence-electron chi connectivity index (χ3n) is 4.62. The molecule has 0 saturated carbocycles. The number of carbonyl (C=O) groups excluding carboxylic acids is 1. The Bertz CT molecular complexity index is 745. The highest BCUT2D eigenvalue weighted by Gasteiger charge is 2.32. The van der Waals surface area contributed by atoms with Gasteiger partial charge in [-0.2, -0.15) is 0 Å². The Labute approximate surface area is 160 Å². The predicted molar refractivity (Wildman–Crippen MR) is 106 cm³/mol. The zero-order valence-corrected chi connectivity index (χ0v) is 15.8. The molecule has 6 nitrogen and oxygen atoms in total. The largest absolute Gasteiger partial charge is 0.387 e. The summed E-state index contributed by atoms with van der Waals surface area (Å²) in [6.07, 6.45) is 7.45. The SMILES string of the molecule is C=CCC(O)(CC=C)[C@H](C)NC(=O)c1cn(CCCc2ccccc2)nn1. The van der Waals surface area contributed by atoms with Crippen LogP contribution in [0.2, 0.25) is 0 Å². The molecule has 0 spiro atoms. The minimum atomic E-state index is -1.12.